The summed E-state index contributed by atoms with van der Waals surface area (Å²) in [5.74, 6) is 0.200. The van der Waals surface area contributed by atoms with Crippen molar-refractivity contribution in [1.82, 2.24) is 9.80 Å². The highest BCUT2D eigenvalue weighted by Gasteiger charge is 2.48. The zero-order valence-electron chi connectivity index (χ0n) is 15.2. The second kappa shape index (κ2) is 8.64. The molecule has 1 aromatic rings. The number of carbonyl (C=O) groups excluding carboxylic acids is 1. The predicted molar refractivity (Wildman–Crippen MR) is 100 cm³/mol. The third-order valence-electron chi connectivity index (χ3n) is 5.28. The summed E-state index contributed by atoms with van der Waals surface area (Å²) < 4.78 is 11.1. The lowest BCUT2D eigenvalue weighted by Gasteiger charge is -2.51. The van der Waals surface area contributed by atoms with E-state index >= 15 is 0 Å². The van der Waals surface area contributed by atoms with Gasteiger partial charge in [-0.05, 0) is 24.8 Å². The smallest absolute Gasteiger partial charge is 0.197 e. The highest BCUT2D eigenvalue weighted by atomic mass is 32.2. The van der Waals surface area contributed by atoms with Gasteiger partial charge in [0.1, 0.15) is 5.66 Å². The summed E-state index contributed by atoms with van der Waals surface area (Å²) in [6, 6.07) is 8.02. The normalized spacial score (nSPS) is 20.6. The van der Waals surface area contributed by atoms with Crippen LogP contribution in [0, 0.1) is 0 Å². The summed E-state index contributed by atoms with van der Waals surface area (Å²) in [4.78, 5) is 19.6. The van der Waals surface area contributed by atoms with Gasteiger partial charge >= 0.3 is 0 Å². The Kier molecular flexibility index (Phi) is 6.52. The van der Waals surface area contributed by atoms with Gasteiger partial charge in [0.2, 0.25) is 0 Å². The number of rotatable bonds is 6. The molecule has 3 rings (SSSR count). The van der Waals surface area contributed by atoms with Gasteiger partial charge in [0, 0.05) is 36.6 Å². The van der Waals surface area contributed by atoms with Crippen molar-refractivity contribution in [2.75, 3.05) is 58.9 Å². The molecule has 0 unspecified atom stereocenters. The van der Waals surface area contributed by atoms with Crippen molar-refractivity contribution in [2.24, 2.45) is 0 Å². The van der Waals surface area contributed by atoms with E-state index in [1.807, 2.05) is 24.3 Å². The molecule has 25 heavy (non-hydrogen) atoms. The maximum atomic E-state index is 13.7. The molecule has 0 atom stereocenters. The minimum atomic E-state index is -0.603. The molecule has 6 heteroatoms. The number of nitrogens with zero attached hydrogens (tertiary/aromatic N) is 2. The van der Waals surface area contributed by atoms with E-state index in [9.17, 15) is 4.79 Å². The molecule has 2 fully saturated rings. The van der Waals surface area contributed by atoms with Crippen LogP contribution in [0.25, 0.3) is 0 Å². The molecule has 0 N–H and O–H groups in total. The lowest BCUT2D eigenvalue weighted by molar-refractivity contribution is -0.108. The van der Waals surface area contributed by atoms with Crippen molar-refractivity contribution in [2.45, 2.75) is 23.9 Å². The van der Waals surface area contributed by atoms with Crippen molar-refractivity contribution < 1.29 is 14.3 Å². The molecular formula is C19H28N2O3S. The summed E-state index contributed by atoms with van der Waals surface area (Å²) >= 11 is 1.69. The Morgan fingerprint density at radius 2 is 1.48 bits per heavy atom. The van der Waals surface area contributed by atoms with Crippen LogP contribution in [0.2, 0.25) is 0 Å². The van der Waals surface area contributed by atoms with E-state index in [0.717, 1.165) is 38.2 Å². The van der Waals surface area contributed by atoms with Gasteiger partial charge in [-0.3, -0.25) is 14.6 Å². The second-order valence-corrected chi connectivity index (χ2v) is 7.31. The fraction of sp³-hybridized carbons (Fsp3) is 0.632. The van der Waals surface area contributed by atoms with Crippen molar-refractivity contribution in [1.29, 1.82) is 0 Å². The quantitative estimate of drug-likeness (QED) is 0.570. The number of carbonyl (C=O) groups is 1. The molecule has 0 amide bonds. The first-order valence-electron chi connectivity index (χ1n) is 9.07. The average molecular weight is 365 g/mol. The topological polar surface area (TPSA) is 42.0 Å². The third-order valence-corrected chi connectivity index (χ3v) is 6.02. The standard InChI is InChI=1S/C19H28N2O3S/c1-3-19(20-8-12-23-13-9-20,21-10-14-24-15-11-21)18(22)16-4-6-17(25-2)7-5-16/h4-7H,3,8-15H2,1-2H3. The molecule has 2 aliphatic heterocycles. The Balaban J connectivity index is 1.96. The molecule has 0 spiro atoms. The zero-order valence-corrected chi connectivity index (χ0v) is 16.0. The molecule has 1 aromatic carbocycles. The monoisotopic (exact) mass is 364 g/mol. The van der Waals surface area contributed by atoms with Crippen LogP contribution in [-0.2, 0) is 9.47 Å². The number of ketones is 1. The van der Waals surface area contributed by atoms with Gasteiger partial charge in [-0.1, -0.05) is 19.1 Å². The van der Waals surface area contributed by atoms with Crippen LogP contribution < -0.4 is 0 Å². The lowest BCUT2D eigenvalue weighted by atomic mass is 9.90. The van der Waals surface area contributed by atoms with E-state index in [1.165, 1.54) is 4.90 Å². The van der Waals surface area contributed by atoms with Crippen molar-refractivity contribution in [3.8, 4) is 0 Å². The summed E-state index contributed by atoms with van der Waals surface area (Å²) in [6.07, 6.45) is 2.81. The Bertz CT molecular complexity index is 549. The van der Waals surface area contributed by atoms with Crippen molar-refractivity contribution >= 4 is 17.5 Å². The van der Waals surface area contributed by atoms with Crippen LogP contribution in [0.1, 0.15) is 23.7 Å². The molecule has 0 saturated carbocycles. The van der Waals surface area contributed by atoms with Gasteiger partial charge in [-0.2, -0.15) is 0 Å². The second-order valence-electron chi connectivity index (χ2n) is 6.43. The molecule has 0 bridgehead atoms. The van der Waals surface area contributed by atoms with E-state index < -0.39 is 5.66 Å². The highest BCUT2D eigenvalue weighted by molar-refractivity contribution is 7.98. The molecule has 138 valence electrons. The Labute approximate surface area is 154 Å². The highest BCUT2D eigenvalue weighted by Crippen LogP contribution is 2.31. The summed E-state index contributed by atoms with van der Waals surface area (Å²) in [5.41, 5.74) is 0.187. The fourth-order valence-electron chi connectivity index (χ4n) is 3.94. The molecule has 5 nitrogen and oxygen atoms in total. The molecule has 2 heterocycles. The van der Waals surface area contributed by atoms with Gasteiger partial charge in [0.05, 0.1) is 26.4 Å². The van der Waals surface area contributed by atoms with Crippen LogP contribution in [0.4, 0.5) is 0 Å². The van der Waals surface area contributed by atoms with Crippen LogP contribution in [-0.4, -0.2) is 80.1 Å². The fourth-order valence-corrected chi connectivity index (χ4v) is 4.34. The Morgan fingerprint density at radius 3 is 1.88 bits per heavy atom. The number of thioether (sulfide) groups is 1. The number of benzene rings is 1. The zero-order chi connectivity index (χ0) is 17.7. The van der Waals surface area contributed by atoms with Crippen molar-refractivity contribution in [3.05, 3.63) is 29.8 Å². The molecule has 2 saturated heterocycles. The maximum absolute atomic E-state index is 13.7. The molecule has 0 aromatic heterocycles. The minimum absolute atomic E-state index is 0.200. The first-order chi connectivity index (χ1) is 12.2. The van der Waals surface area contributed by atoms with Crippen molar-refractivity contribution in [3.63, 3.8) is 0 Å². The third kappa shape index (κ3) is 3.78. The molecule has 0 aliphatic carbocycles. The number of morpholine rings is 2. The average Bonchev–Trinajstić information content (AvgIpc) is 2.70. The summed E-state index contributed by atoms with van der Waals surface area (Å²) in [6.45, 7) is 8.03. The number of Topliss-reactive ketones (excluding diaryl/α,β-unsaturated/α-hetero) is 1. The number of hydrogen-bond acceptors (Lipinski definition) is 6. The summed E-state index contributed by atoms with van der Waals surface area (Å²) in [5, 5.41) is 0. The van der Waals surface area contributed by atoms with Gasteiger partial charge < -0.3 is 9.47 Å². The summed E-state index contributed by atoms with van der Waals surface area (Å²) in [7, 11) is 0. The first kappa shape index (κ1) is 18.9. The first-order valence-corrected chi connectivity index (χ1v) is 10.3. The van der Waals surface area contributed by atoms with E-state index in [1.54, 1.807) is 11.8 Å². The number of hydrogen-bond donors (Lipinski definition) is 0. The minimum Gasteiger partial charge on any atom is -0.379 e. The van der Waals surface area contributed by atoms with E-state index in [0.29, 0.717) is 26.4 Å². The van der Waals surface area contributed by atoms with Crippen LogP contribution in [0.15, 0.2) is 29.2 Å². The maximum Gasteiger partial charge on any atom is 0.197 e. The number of ether oxygens (including phenoxy) is 2. The van der Waals surface area contributed by atoms with Gasteiger partial charge in [-0.15, -0.1) is 11.8 Å². The van der Waals surface area contributed by atoms with Gasteiger partial charge in [0.15, 0.2) is 5.78 Å². The van der Waals surface area contributed by atoms with Gasteiger partial charge in [-0.25, -0.2) is 0 Å². The van der Waals surface area contributed by atoms with E-state index in [-0.39, 0.29) is 5.78 Å². The SMILES string of the molecule is CCC(C(=O)c1ccc(SC)cc1)(N1CCOCC1)N1CCOCC1. The lowest BCUT2D eigenvalue weighted by Crippen LogP contribution is -2.68. The molecule has 0 radical (unpaired) electrons. The van der Waals surface area contributed by atoms with Crippen LogP contribution in [0.5, 0.6) is 0 Å². The Hall–Kier alpha value is -0.920. The molecule has 2 aliphatic rings. The Morgan fingerprint density at radius 1 is 1.00 bits per heavy atom. The largest absolute Gasteiger partial charge is 0.379 e. The van der Waals surface area contributed by atoms with E-state index in [4.69, 9.17) is 9.47 Å². The van der Waals surface area contributed by atoms with Crippen LogP contribution in [0.3, 0.4) is 0 Å². The van der Waals surface area contributed by atoms with E-state index in [2.05, 4.69) is 23.0 Å². The molecular weight excluding hydrogens is 336 g/mol. The predicted octanol–water partition coefficient (Wildman–Crippen LogP) is 2.36. The van der Waals surface area contributed by atoms with Crippen LogP contribution >= 0.6 is 11.8 Å². The van der Waals surface area contributed by atoms with Gasteiger partial charge in [0.25, 0.3) is 0 Å².